The zero-order valence-electron chi connectivity index (χ0n) is 16.7. The van der Waals surface area contributed by atoms with Gasteiger partial charge >= 0.3 is 5.97 Å². The van der Waals surface area contributed by atoms with Crippen molar-refractivity contribution in [3.05, 3.63) is 29.8 Å². The maximum Gasteiger partial charge on any atom is 0.314 e. The second-order valence-electron chi connectivity index (χ2n) is 8.62. The highest BCUT2D eigenvalue weighted by Crippen LogP contribution is 2.42. The molecule has 0 amide bonds. The van der Waals surface area contributed by atoms with Crippen LogP contribution in [0.15, 0.2) is 24.3 Å². The minimum atomic E-state index is -0.0126. The number of ether oxygens (including phenoxy) is 1. The van der Waals surface area contributed by atoms with Crippen LogP contribution in [0.2, 0.25) is 0 Å². The summed E-state index contributed by atoms with van der Waals surface area (Å²) in [6, 6.07) is 8.05. The molecule has 2 nitrogen and oxygen atoms in total. The Labute approximate surface area is 159 Å². The fourth-order valence-corrected chi connectivity index (χ4v) is 5.11. The third-order valence-corrected chi connectivity index (χ3v) is 6.92. The Hall–Kier alpha value is -1.31. The van der Waals surface area contributed by atoms with Crippen molar-refractivity contribution in [1.29, 1.82) is 0 Å². The van der Waals surface area contributed by atoms with Crippen molar-refractivity contribution in [3.63, 3.8) is 0 Å². The summed E-state index contributed by atoms with van der Waals surface area (Å²) in [5.41, 5.74) is 1.31. The van der Waals surface area contributed by atoms with Gasteiger partial charge in [0, 0.05) is 0 Å². The summed E-state index contributed by atoms with van der Waals surface area (Å²) in [6.45, 7) is 4.51. The van der Waals surface area contributed by atoms with Crippen molar-refractivity contribution in [2.24, 2.45) is 23.7 Å². The van der Waals surface area contributed by atoms with E-state index in [2.05, 4.69) is 26.0 Å². The summed E-state index contributed by atoms with van der Waals surface area (Å²) in [5.74, 6) is 3.54. The van der Waals surface area contributed by atoms with Crippen LogP contribution in [0.1, 0.15) is 83.6 Å². The molecule has 144 valence electrons. The van der Waals surface area contributed by atoms with Crippen LogP contribution in [0.4, 0.5) is 0 Å². The van der Waals surface area contributed by atoms with Crippen molar-refractivity contribution < 1.29 is 9.53 Å². The van der Waals surface area contributed by atoms with Crippen molar-refractivity contribution >= 4 is 5.97 Å². The summed E-state index contributed by atoms with van der Waals surface area (Å²) < 4.78 is 5.66. The third-order valence-electron chi connectivity index (χ3n) is 6.92. The maximum absolute atomic E-state index is 12.5. The summed E-state index contributed by atoms with van der Waals surface area (Å²) in [6.07, 6.45) is 13.7. The summed E-state index contributed by atoms with van der Waals surface area (Å²) in [5, 5.41) is 0. The molecular formula is C24H36O2. The summed E-state index contributed by atoms with van der Waals surface area (Å²) in [7, 11) is 0. The van der Waals surface area contributed by atoms with Gasteiger partial charge in [0.1, 0.15) is 5.75 Å². The number of hydrogen-bond acceptors (Lipinski definition) is 2. The standard InChI is InChI=1S/C24H36O2/c1-3-5-19-8-16-23(17-9-19)26-24(25)22-14-12-21(13-15-22)20-10-6-18(4-2)7-11-20/h8-9,16-18,20-22H,3-7,10-15H2,1-2H3. The molecule has 0 aromatic heterocycles. The Morgan fingerprint density at radius 2 is 1.46 bits per heavy atom. The van der Waals surface area contributed by atoms with Crippen LogP contribution in [0.5, 0.6) is 5.75 Å². The predicted molar refractivity (Wildman–Crippen MR) is 107 cm³/mol. The Balaban J connectivity index is 1.43. The van der Waals surface area contributed by atoms with Gasteiger partial charge in [0.05, 0.1) is 5.92 Å². The minimum absolute atomic E-state index is 0.0126. The van der Waals surface area contributed by atoms with Crippen LogP contribution in [-0.2, 0) is 11.2 Å². The fraction of sp³-hybridized carbons (Fsp3) is 0.708. The van der Waals surface area contributed by atoms with Gasteiger partial charge in [0.2, 0.25) is 0 Å². The summed E-state index contributed by atoms with van der Waals surface area (Å²) in [4.78, 5) is 12.5. The normalized spacial score (nSPS) is 29.3. The number of aryl methyl sites for hydroxylation is 1. The minimum Gasteiger partial charge on any atom is -0.426 e. The molecule has 26 heavy (non-hydrogen) atoms. The molecule has 2 aliphatic rings. The average Bonchev–Trinajstić information content (AvgIpc) is 2.70. The molecule has 0 heterocycles. The first kappa shape index (κ1) is 19.5. The van der Waals surface area contributed by atoms with E-state index >= 15 is 0 Å². The van der Waals surface area contributed by atoms with Gasteiger partial charge in [0.15, 0.2) is 0 Å². The van der Waals surface area contributed by atoms with Crippen LogP contribution >= 0.6 is 0 Å². The van der Waals surface area contributed by atoms with Crippen molar-refractivity contribution in [3.8, 4) is 5.75 Å². The molecular weight excluding hydrogens is 320 g/mol. The van der Waals surface area contributed by atoms with Gasteiger partial charge in [-0.3, -0.25) is 4.79 Å². The van der Waals surface area contributed by atoms with Crippen LogP contribution in [0.25, 0.3) is 0 Å². The number of carbonyl (C=O) groups is 1. The molecule has 0 saturated heterocycles. The van der Waals surface area contributed by atoms with Gasteiger partial charge in [0.25, 0.3) is 0 Å². The second kappa shape index (κ2) is 9.58. The average molecular weight is 357 g/mol. The van der Waals surface area contributed by atoms with Crippen LogP contribution in [0, 0.1) is 23.7 Å². The first-order chi connectivity index (χ1) is 12.7. The van der Waals surface area contributed by atoms with E-state index in [0.29, 0.717) is 5.75 Å². The predicted octanol–water partition coefficient (Wildman–Crippen LogP) is 6.57. The quantitative estimate of drug-likeness (QED) is 0.426. The van der Waals surface area contributed by atoms with Gasteiger partial charge in [-0.15, -0.1) is 0 Å². The largest absolute Gasteiger partial charge is 0.426 e. The van der Waals surface area contributed by atoms with Crippen LogP contribution < -0.4 is 4.74 Å². The van der Waals surface area contributed by atoms with E-state index in [4.69, 9.17) is 4.74 Å². The molecule has 0 atom stereocenters. The van der Waals surface area contributed by atoms with E-state index in [-0.39, 0.29) is 11.9 Å². The van der Waals surface area contributed by atoms with Crippen LogP contribution in [-0.4, -0.2) is 5.97 Å². The lowest BCUT2D eigenvalue weighted by Crippen LogP contribution is -2.30. The first-order valence-corrected chi connectivity index (χ1v) is 11.0. The molecule has 2 fully saturated rings. The Kier molecular flexibility index (Phi) is 7.16. The van der Waals surface area contributed by atoms with Gasteiger partial charge in [-0.25, -0.2) is 0 Å². The lowest BCUT2D eigenvalue weighted by molar-refractivity contribution is -0.140. The summed E-state index contributed by atoms with van der Waals surface area (Å²) >= 11 is 0. The van der Waals surface area contributed by atoms with Gasteiger partial charge < -0.3 is 4.74 Å². The number of rotatable bonds is 6. The molecule has 3 rings (SSSR count). The topological polar surface area (TPSA) is 26.3 Å². The molecule has 1 aromatic carbocycles. The molecule has 0 unspecified atom stereocenters. The Morgan fingerprint density at radius 1 is 0.885 bits per heavy atom. The van der Waals surface area contributed by atoms with E-state index in [1.807, 2.05) is 12.1 Å². The van der Waals surface area contributed by atoms with E-state index in [1.165, 1.54) is 50.5 Å². The van der Waals surface area contributed by atoms with Gasteiger partial charge in [-0.1, -0.05) is 51.7 Å². The van der Waals surface area contributed by atoms with Crippen LogP contribution in [0.3, 0.4) is 0 Å². The second-order valence-corrected chi connectivity index (χ2v) is 8.62. The lowest BCUT2D eigenvalue weighted by Gasteiger charge is -2.37. The molecule has 2 heteroatoms. The Morgan fingerprint density at radius 3 is 2.00 bits per heavy atom. The smallest absolute Gasteiger partial charge is 0.314 e. The number of esters is 1. The highest BCUT2D eigenvalue weighted by Gasteiger charge is 2.33. The molecule has 2 aliphatic carbocycles. The van der Waals surface area contributed by atoms with Gasteiger partial charge in [-0.05, 0) is 80.4 Å². The first-order valence-electron chi connectivity index (χ1n) is 11.0. The number of hydrogen-bond donors (Lipinski definition) is 0. The highest BCUT2D eigenvalue weighted by atomic mass is 16.5. The molecule has 0 N–H and O–H groups in total. The van der Waals surface area contributed by atoms with E-state index in [9.17, 15) is 4.79 Å². The molecule has 0 aliphatic heterocycles. The third kappa shape index (κ3) is 5.11. The molecule has 0 spiro atoms. The van der Waals surface area contributed by atoms with Crippen molar-refractivity contribution in [2.45, 2.75) is 84.5 Å². The Bertz CT molecular complexity index is 546. The number of benzene rings is 1. The molecule has 0 radical (unpaired) electrons. The molecule has 2 saturated carbocycles. The fourth-order valence-electron chi connectivity index (χ4n) is 5.11. The highest BCUT2D eigenvalue weighted by molar-refractivity contribution is 5.75. The molecule has 1 aromatic rings. The zero-order valence-corrected chi connectivity index (χ0v) is 16.7. The SMILES string of the molecule is CCCc1ccc(OC(=O)C2CCC(C3CCC(CC)CC3)CC2)cc1. The van der Waals surface area contributed by atoms with E-state index < -0.39 is 0 Å². The number of carbonyl (C=O) groups excluding carboxylic acids is 1. The monoisotopic (exact) mass is 356 g/mol. The van der Waals surface area contributed by atoms with E-state index in [0.717, 1.165) is 43.4 Å². The zero-order chi connectivity index (χ0) is 18.4. The van der Waals surface area contributed by atoms with E-state index in [1.54, 1.807) is 0 Å². The molecule has 0 bridgehead atoms. The van der Waals surface area contributed by atoms with Gasteiger partial charge in [-0.2, -0.15) is 0 Å². The maximum atomic E-state index is 12.5. The lowest BCUT2D eigenvalue weighted by atomic mass is 9.69. The van der Waals surface area contributed by atoms with Crippen molar-refractivity contribution in [2.75, 3.05) is 0 Å². The van der Waals surface area contributed by atoms with Crippen molar-refractivity contribution in [1.82, 2.24) is 0 Å².